The summed E-state index contributed by atoms with van der Waals surface area (Å²) in [4.78, 5) is 13.6. The molecule has 0 saturated carbocycles. The van der Waals surface area contributed by atoms with Gasteiger partial charge in [0.25, 0.3) is 5.91 Å². The lowest BCUT2D eigenvalue weighted by atomic mass is 9.93. The van der Waals surface area contributed by atoms with Crippen molar-refractivity contribution in [1.29, 1.82) is 0 Å². The fourth-order valence-electron chi connectivity index (χ4n) is 2.72. The van der Waals surface area contributed by atoms with E-state index in [1.165, 1.54) is 0 Å². The zero-order valence-electron chi connectivity index (χ0n) is 8.99. The van der Waals surface area contributed by atoms with E-state index in [0.717, 1.165) is 24.8 Å². The van der Waals surface area contributed by atoms with Gasteiger partial charge in [-0.1, -0.05) is 6.58 Å². The molecule has 2 heterocycles. The molecule has 1 amide bonds. The first-order valence-corrected chi connectivity index (χ1v) is 5.22. The van der Waals surface area contributed by atoms with Crippen molar-refractivity contribution in [2.75, 3.05) is 7.05 Å². The lowest BCUT2D eigenvalue weighted by Gasteiger charge is -2.23. The smallest absolute Gasteiger partial charge is 0.250 e. The van der Waals surface area contributed by atoms with E-state index < -0.39 is 5.91 Å². The number of nitrogens with zero attached hydrogens (tertiary/aromatic N) is 1. The highest BCUT2D eigenvalue weighted by Gasteiger charge is 2.38. The number of rotatable bonds is 1. The van der Waals surface area contributed by atoms with E-state index in [1.54, 1.807) is 0 Å². The normalized spacial score (nSPS) is 31.9. The Labute approximate surface area is 89.6 Å². The molecule has 0 aliphatic carbocycles. The highest BCUT2D eigenvalue weighted by molar-refractivity contribution is 5.97. The summed E-state index contributed by atoms with van der Waals surface area (Å²) < 4.78 is 0. The molecule has 4 nitrogen and oxygen atoms in total. The minimum atomic E-state index is -0.446. The molecular weight excluding hydrogens is 190 g/mol. The van der Waals surface area contributed by atoms with Gasteiger partial charge in [0.15, 0.2) is 0 Å². The molecule has 0 aromatic carbocycles. The Morgan fingerprint density at radius 2 is 2.20 bits per heavy atom. The summed E-state index contributed by atoms with van der Waals surface area (Å²) in [5.41, 5.74) is 13.1. The first-order chi connectivity index (χ1) is 7.02. The maximum Gasteiger partial charge on any atom is 0.250 e. The van der Waals surface area contributed by atoms with Crippen molar-refractivity contribution in [2.45, 2.75) is 31.3 Å². The molecule has 82 valence electrons. The van der Waals surface area contributed by atoms with Crippen molar-refractivity contribution in [3.8, 4) is 0 Å². The number of carbonyl (C=O) groups is 1. The predicted octanol–water partition coefficient (Wildman–Crippen LogP) is 0.107. The number of fused-ring (bicyclic) bond motifs is 2. The van der Waals surface area contributed by atoms with Gasteiger partial charge in [0.2, 0.25) is 0 Å². The second-order valence-electron chi connectivity index (χ2n) is 4.41. The number of hydrogen-bond donors (Lipinski definition) is 2. The molecule has 2 aliphatic heterocycles. The molecule has 2 aliphatic rings. The van der Waals surface area contributed by atoms with Crippen LogP contribution in [0.15, 0.2) is 23.4 Å². The molecule has 4 heteroatoms. The molecule has 1 fully saturated rings. The van der Waals surface area contributed by atoms with Crippen LogP contribution in [0.5, 0.6) is 0 Å². The van der Waals surface area contributed by atoms with Gasteiger partial charge in [0.1, 0.15) is 0 Å². The Morgan fingerprint density at radius 3 is 2.80 bits per heavy atom. The van der Waals surface area contributed by atoms with Crippen molar-refractivity contribution in [1.82, 2.24) is 4.90 Å². The van der Waals surface area contributed by atoms with Gasteiger partial charge in [-0.3, -0.25) is 9.69 Å². The van der Waals surface area contributed by atoms with Crippen molar-refractivity contribution >= 4 is 5.91 Å². The van der Waals surface area contributed by atoms with Gasteiger partial charge in [-0.15, -0.1) is 0 Å². The second kappa shape index (κ2) is 3.38. The Morgan fingerprint density at radius 1 is 1.53 bits per heavy atom. The van der Waals surface area contributed by atoms with Crippen LogP contribution in [0.1, 0.15) is 19.3 Å². The van der Waals surface area contributed by atoms with E-state index in [0.29, 0.717) is 17.3 Å². The lowest BCUT2D eigenvalue weighted by molar-refractivity contribution is -0.114. The second-order valence-corrected chi connectivity index (χ2v) is 4.41. The predicted molar refractivity (Wildman–Crippen MR) is 58.7 cm³/mol. The SMILES string of the molecule is C=C1C(C(N)=O)=C(N)C[C@@H]2CCC1N2C. The Kier molecular flexibility index (Phi) is 2.31. The topological polar surface area (TPSA) is 72.3 Å². The van der Waals surface area contributed by atoms with Crippen LogP contribution >= 0.6 is 0 Å². The molecule has 0 aromatic heterocycles. The summed E-state index contributed by atoms with van der Waals surface area (Å²) in [6.45, 7) is 3.98. The Bertz CT molecular complexity index is 359. The third-order valence-corrected chi connectivity index (χ3v) is 3.59. The number of primary amides is 1. The first-order valence-electron chi connectivity index (χ1n) is 5.22. The number of hydrogen-bond acceptors (Lipinski definition) is 3. The van der Waals surface area contributed by atoms with Gasteiger partial charge < -0.3 is 11.5 Å². The molecular formula is C11H17N3O. The fraction of sp³-hybridized carbons (Fsp3) is 0.545. The monoisotopic (exact) mass is 207 g/mol. The summed E-state index contributed by atoms with van der Waals surface area (Å²) in [5, 5.41) is 0. The largest absolute Gasteiger partial charge is 0.401 e. The van der Waals surface area contributed by atoms with Crippen LogP contribution in [0.2, 0.25) is 0 Å². The van der Waals surface area contributed by atoms with E-state index in [4.69, 9.17) is 11.5 Å². The molecule has 0 radical (unpaired) electrons. The molecule has 4 N–H and O–H groups in total. The molecule has 2 atom stereocenters. The molecule has 1 unspecified atom stereocenters. The highest BCUT2D eigenvalue weighted by atomic mass is 16.1. The molecule has 0 aromatic rings. The maximum absolute atomic E-state index is 11.3. The van der Waals surface area contributed by atoms with E-state index >= 15 is 0 Å². The number of likely N-dealkylation sites (N-methyl/N-ethyl adjacent to an activating group) is 1. The van der Waals surface area contributed by atoms with Crippen LogP contribution in [-0.2, 0) is 4.79 Å². The third-order valence-electron chi connectivity index (χ3n) is 3.59. The molecule has 1 saturated heterocycles. The number of amides is 1. The van der Waals surface area contributed by atoms with Crippen LogP contribution in [0, 0.1) is 0 Å². The van der Waals surface area contributed by atoms with Crippen molar-refractivity contribution < 1.29 is 4.79 Å². The van der Waals surface area contributed by atoms with Gasteiger partial charge in [0, 0.05) is 24.2 Å². The van der Waals surface area contributed by atoms with Crippen molar-refractivity contribution in [3.63, 3.8) is 0 Å². The van der Waals surface area contributed by atoms with Crippen LogP contribution in [0.25, 0.3) is 0 Å². The summed E-state index contributed by atoms with van der Waals surface area (Å²) in [6, 6.07) is 0.669. The zero-order valence-corrected chi connectivity index (χ0v) is 8.99. The summed E-state index contributed by atoms with van der Waals surface area (Å²) in [7, 11) is 2.06. The lowest BCUT2D eigenvalue weighted by Crippen LogP contribution is -2.32. The van der Waals surface area contributed by atoms with Crippen molar-refractivity contribution in [2.24, 2.45) is 11.5 Å². The molecule has 15 heavy (non-hydrogen) atoms. The Balaban J connectivity index is 2.43. The zero-order chi connectivity index (χ0) is 11.2. The summed E-state index contributed by atoms with van der Waals surface area (Å²) >= 11 is 0. The van der Waals surface area contributed by atoms with Gasteiger partial charge in [-0.25, -0.2) is 0 Å². The highest BCUT2D eigenvalue weighted by Crippen LogP contribution is 2.36. The minimum absolute atomic E-state index is 0.235. The van der Waals surface area contributed by atoms with E-state index in [2.05, 4.69) is 18.5 Å². The van der Waals surface area contributed by atoms with Crippen LogP contribution in [-0.4, -0.2) is 29.9 Å². The molecule has 2 rings (SSSR count). The molecule has 2 bridgehead atoms. The average molecular weight is 207 g/mol. The number of nitrogens with two attached hydrogens (primary N) is 2. The van der Waals surface area contributed by atoms with E-state index in [9.17, 15) is 4.79 Å². The van der Waals surface area contributed by atoms with E-state index in [1.807, 2.05) is 0 Å². The minimum Gasteiger partial charge on any atom is -0.401 e. The van der Waals surface area contributed by atoms with Gasteiger partial charge >= 0.3 is 0 Å². The third kappa shape index (κ3) is 1.45. The average Bonchev–Trinajstić information content (AvgIpc) is 2.42. The van der Waals surface area contributed by atoms with Crippen LogP contribution < -0.4 is 11.5 Å². The fourth-order valence-corrected chi connectivity index (χ4v) is 2.72. The van der Waals surface area contributed by atoms with E-state index in [-0.39, 0.29) is 6.04 Å². The van der Waals surface area contributed by atoms with Gasteiger partial charge in [0.05, 0.1) is 5.57 Å². The summed E-state index contributed by atoms with van der Waals surface area (Å²) in [6.07, 6.45) is 2.89. The van der Waals surface area contributed by atoms with Crippen LogP contribution in [0.3, 0.4) is 0 Å². The van der Waals surface area contributed by atoms with Crippen molar-refractivity contribution in [3.05, 3.63) is 23.4 Å². The molecule has 0 spiro atoms. The first kappa shape index (κ1) is 10.2. The van der Waals surface area contributed by atoms with Gasteiger partial charge in [-0.2, -0.15) is 0 Å². The maximum atomic E-state index is 11.3. The van der Waals surface area contributed by atoms with Gasteiger partial charge in [-0.05, 0) is 25.5 Å². The van der Waals surface area contributed by atoms with Crippen LogP contribution in [0.4, 0.5) is 0 Å². The standard InChI is InChI=1S/C11H17N3O/c1-6-9-4-3-7(14(9)2)5-8(12)10(6)11(13)15/h7,9H,1,3-5,12H2,2H3,(H2,13,15)/t7-,9?/m0/s1. The number of carbonyl (C=O) groups excluding carboxylic acids is 1. The quantitative estimate of drug-likeness (QED) is 0.641. The summed E-state index contributed by atoms with van der Waals surface area (Å²) in [5.74, 6) is -0.446. The Hall–Kier alpha value is -1.29.